The summed E-state index contributed by atoms with van der Waals surface area (Å²) in [6, 6.07) is 17.5. The van der Waals surface area contributed by atoms with Gasteiger partial charge in [-0.05, 0) is 24.3 Å². The number of hydrogen-bond donors (Lipinski definition) is 2. The third kappa shape index (κ3) is 3.17. The molecule has 0 saturated heterocycles. The van der Waals surface area contributed by atoms with E-state index in [2.05, 4.69) is 36.4 Å². The van der Waals surface area contributed by atoms with E-state index in [1.54, 1.807) is 0 Å². The highest BCUT2D eigenvalue weighted by Crippen LogP contribution is 2.27. The van der Waals surface area contributed by atoms with Gasteiger partial charge >= 0.3 is 0 Å². The molecule has 0 fully saturated rings. The number of benzene rings is 2. The van der Waals surface area contributed by atoms with Gasteiger partial charge in [-0.3, -0.25) is 0 Å². The number of nitrogens with two attached hydrogens (primary N) is 1. The fourth-order valence-electron chi connectivity index (χ4n) is 1.89. The number of hydrogen-bond acceptors (Lipinski definition) is 5. The first kappa shape index (κ1) is 13.5. The largest absolute Gasteiger partial charge is 0.366 e. The molecule has 2 aromatic carbocycles. The number of anilines is 3. The number of aromatic nitrogens is 3. The van der Waals surface area contributed by atoms with Crippen molar-refractivity contribution in [3.63, 3.8) is 0 Å². The number of halogens is 1. The van der Waals surface area contributed by atoms with Crippen molar-refractivity contribution in [2.75, 3.05) is 11.1 Å². The zero-order valence-electron chi connectivity index (χ0n) is 11.0. The van der Waals surface area contributed by atoms with Crippen molar-refractivity contribution in [3.8, 4) is 11.3 Å². The van der Waals surface area contributed by atoms with Crippen LogP contribution in [-0.4, -0.2) is 15.2 Å². The van der Waals surface area contributed by atoms with Crippen LogP contribution in [0.15, 0.2) is 59.1 Å². The molecule has 5 nitrogen and oxygen atoms in total. The summed E-state index contributed by atoms with van der Waals surface area (Å²) < 4.78 is 1.01. The van der Waals surface area contributed by atoms with E-state index in [1.165, 1.54) is 0 Å². The predicted molar refractivity (Wildman–Crippen MR) is 87.1 cm³/mol. The molecule has 1 aromatic heterocycles. The lowest BCUT2D eigenvalue weighted by molar-refractivity contribution is 0.996. The Hall–Kier alpha value is -2.47. The van der Waals surface area contributed by atoms with E-state index in [4.69, 9.17) is 5.73 Å². The van der Waals surface area contributed by atoms with E-state index in [-0.39, 0.29) is 5.95 Å². The van der Waals surface area contributed by atoms with Crippen LogP contribution in [0.5, 0.6) is 0 Å². The van der Waals surface area contributed by atoms with Crippen molar-refractivity contribution in [1.82, 2.24) is 15.2 Å². The van der Waals surface area contributed by atoms with Crippen LogP contribution in [0.25, 0.3) is 11.3 Å². The molecule has 0 saturated carbocycles. The quantitative estimate of drug-likeness (QED) is 0.760. The van der Waals surface area contributed by atoms with Gasteiger partial charge in [-0.1, -0.05) is 46.3 Å². The van der Waals surface area contributed by atoms with E-state index in [0.717, 1.165) is 15.7 Å². The Labute approximate surface area is 130 Å². The summed E-state index contributed by atoms with van der Waals surface area (Å²) >= 11 is 3.41. The van der Waals surface area contributed by atoms with Gasteiger partial charge in [0, 0.05) is 15.7 Å². The van der Waals surface area contributed by atoms with E-state index in [0.29, 0.717) is 11.5 Å². The first-order valence-electron chi connectivity index (χ1n) is 6.30. The van der Waals surface area contributed by atoms with Crippen molar-refractivity contribution in [2.45, 2.75) is 0 Å². The first-order chi connectivity index (χ1) is 10.2. The molecular weight excluding hydrogens is 330 g/mol. The Kier molecular flexibility index (Phi) is 3.79. The number of nitrogens with one attached hydrogen (secondary N) is 1. The summed E-state index contributed by atoms with van der Waals surface area (Å²) in [5.41, 5.74) is 8.14. The summed E-state index contributed by atoms with van der Waals surface area (Å²) in [7, 11) is 0. The highest BCUT2D eigenvalue weighted by atomic mass is 79.9. The fourth-order valence-corrected chi connectivity index (χ4v) is 2.15. The maximum Gasteiger partial charge on any atom is 0.242 e. The van der Waals surface area contributed by atoms with Crippen molar-refractivity contribution >= 4 is 33.4 Å². The van der Waals surface area contributed by atoms with Crippen molar-refractivity contribution in [3.05, 3.63) is 59.1 Å². The van der Waals surface area contributed by atoms with Gasteiger partial charge in [-0.15, -0.1) is 10.2 Å². The van der Waals surface area contributed by atoms with Crippen LogP contribution in [-0.2, 0) is 0 Å². The van der Waals surface area contributed by atoms with Crippen LogP contribution in [0.2, 0.25) is 0 Å². The molecule has 1 heterocycles. The zero-order chi connectivity index (χ0) is 14.7. The van der Waals surface area contributed by atoms with E-state index < -0.39 is 0 Å². The van der Waals surface area contributed by atoms with E-state index in [1.807, 2.05) is 54.6 Å². The van der Waals surface area contributed by atoms with Crippen LogP contribution >= 0.6 is 15.9 Å². The maximum atomic E-state index is 5.65. The summed E-state index contributed by atoms with van der Waals surface area (Å²) in [5.74, 6) is 0.713. The van der Waals surface area contributed by atoms with Gasteiger partial charge in [-0.2, -0.15) is 4.98 Å². The first-order valence-corrected chi connectivity index (χ1v) is 7.10. The third-order valence-corrected chi connectivity index (χ3v) is 3.39. The summed E-state index contributed by atoms with van der Waals surface area (Å²) in [6.07, 6.45) is 0. The average Bonchev–Trinajstić information content (AvgIpc) is 2.51. The molecule has 0 radical (unpaired) electrons. The molecule has 3 aromatic rings. The fraction of sp³-hybridized carbons (Fsp3) is 0. The Morgan fingerprint density at radius 3 is 2.33 bits per heavy atom. The molecule has 0 spiro atoms. The average molecular weight is 342 g/mol. The minimum absolute atomic E-state index is 0.134. The monoisotopic (exact) mass is 341 g/mol. The summed E-state index contributed by atoms with van der Waals surface area (Å²) in [5, 5.41) is 11.2. The second-order valence-corrected chi connectivity index (χ2v) is 5.28. The van der Waals surface area contributed by atoms with Crippen LogP contribution in [0.1, 0.15) is 0 Å². The van der Waals surface area contributed by atoms with Crippen LogP contribution < -0.4 is 11.1 Å². The summed E-state index contributed by atoms with van der Waals surface area (Å²) in [6.45, 7) is 0. The van der Waals surface area contributed by atoms with E-state index in [9.17, 15) is 0 Å². The molecule has 0 aliphatic rings. The second kappa shape index (κ2) is 5.88. The molecule has 0 unspecified atom stereocenters. The number of nitrogen functional groups attached to an aromatic ring is 1. The highest BCUT2D eigenvalue weighted by molar-refractivity contribution is 9.10. The van der Waals surface area contributed by atoms with Crippen molar-refractivity contribution < 1.29 is 0 Å². The Morgan fingerprint density at radius 1 is 0.905 bits per heavy atom. The van der Waals surface area contributed by atoms with E-state index >= 15 is 0 Å². The number of rotatable bonds is 3. The number of nitrogens with zero attached hydrogens (tertiary/aromatic N) is 3. The lowest BCUT2D eigenvalue weighted by Gasteiger charge is -2.10. The SMILES string of the molecule is Nc1nnc(-c2ccccc2)c(Nc2ccc(Br)cc2)n1. The van der Waals surface area contributed by atoms with Crippen molar-refractivity contribution in [1.29, 1.82) is 0 Å². The molecule has 0 bridgehead atoms. The van der Waals surface area contributed by atoms with Gasteiger partial charge in [0.25, 0.3) is 0 Å². The second-order valence-electron chi connectivity index (χ2n) is 4.37. The molecule has 0 amide bonds. The third-order valence-electron chi connectivity index (χ3n) is 2.86. The molecule has 0 aliphatic carbocycles. The zero-order valence-corrected chi connectivity index (χ0v) is 12.6. The predicted octanol–water partition coefficient (Wildman–Crippen LogP) is 3.63. The standard InChI is InChI=1S/C15H12BrN5/c16-11-6-8-12(9-7-11)18-14-13(20-21-15(17)19-14)10-4-2-1-3-5-10/h1-9H,(H3,17,18,19,21). The maximum absolute atomic E-state index is 5.65. The van der Waals surface area contributed by atoms with Gasteiger partial charge < -0.3 is 11.1 Å². The van der Waals surface area contributed by atoms with Crippen molar-refractivity contribution in [2.24, 2.45) is 0 Å². The van der Waals surface area contributed by atoms with Gasteiger partial charge in [0.15, 0.2) is 5.82 Å². The minimum Gasteiger partial charge on any atom is -0.366 e. The smallest absolute Gasteiger partial charge is 0.242 e. The minimum atomic E-state index is 0.134. The lowest BCUT2D eigenvalue weighted by atomic mass is 10.1. The molecule has 0 atom stereocenters. The van der Waals surface area contributed by atoms with Crippen LogP contribution in [0.3, 0.4) is 0 Å². The molecule has 6 heteroatoms. The Balaban J connectivity index is 2.01. The Bertz CT molecular complexity index is 744. The molecule has 3 N–H and O–H groups in total. The van der Waals surface area contributed by atoms with Crippen LogP contribution in [0.4, 0.5) is 17.5 Å². The van der Waals surface area contributed by atoms with Gasteiger partial charge in [-0.25, -0.2) is 0 Å². The van der Waals surface area contributed by atoms with Crippen LogP contribution in [0, 0.1) is 0 Å². The normalized spacial score (nSPS) is 10.3. The van der Waals surface area contributed by atoms with Gasteiger partial charge in [0.2, 0.25) is 5.95 Å². The highest BCUT2D eigenvalue weighted by Gasteiger charge is 2.10. The molecular formula is C15H12BrN5. The summed E-state index contributed by atoms with van der Waals surface area (Å²) in [4.78, 5) is 4.25. The van der Waals surface area contributed by atoms with Gasteiger partial charge in [0.05, 0.1) is 0 Å². The van der Waals surface area contributed by atoms with Gasteiger partial charge in [0.1, 0.15) is 5.69 Å². The molecule has 0 aliphatic heterocycles. The topological polar surface area (TPSA) is 76.7 Å². The Morgan fingerprint density at radius 2 is 1.62 bits per heavy atom. The molecule has 104 valence electrons. The molecule has 3 rings (SSSR count). The molecule has 21 heavy (non-hydrogen) atoms. The lowest BCUT2D eigenvalue weighted by Crippen LogP contribution is -2.04.